The second-order valence-corrected chi connectivity index (χ2v) is 34.6. The van der Waals surface area contributed by atoms with Crippen LogP contribution in [0.3, 0.4) is 0 Å². The van der Waals surface area contributed by atoms with E-state index in [-0.39, 0.29) is 77.3 Å². The van der Waals surface area contributed by atoms with E-state index in [0.29, 0.717) is 27.8 Å². The summed E-state index contributed by atoms with van der Waals surface area (Å²) in [6.45, 7) is 55.8. The lowest BCUT2D eigenvalue weighted by Gasteiger charge is -2.21. The van der Waals surface area contributed by atoms with E-state index in [2.05, 4.69) is 39.8 Å². The minimum atomic E-state index is -1.07. The van der Waals surface area contributed by atoms with Crippen LogP contribution in [-0.2, 0) is 43.3 Å². The molecule has 0 saturated heterocycles. The average molecular weight is 1480 g/mol. The van der Waals surface area contributed by atoms with Crippen LogP contribution >= 0.6 is 46.4 Å². The summed E-state index contributed by atoms with van der Waals surface area (Å²) in [5.74, 6) is -6.12. The van der Waals surface area contributed by atoms with Gasteiger partial charge in [0.25, 0.3) is 0 Å². The Hall–Kier alpha value is -5.85. The molecular formula is C85H107Cl4F11. The summed E-state index contributed by atoms with van der Waals surface area (Å²) < 4.78 is 145. The molecule has 0 nitrogen and oxygen atoms in total. The average Bonchev–Trinajstić information content (AvgIpc) is 0.797. The summed E-state index contributed by atoms with van der Waals surface area (Å²) in [7, 11) is 0. The summed E-state index contributed by atoms with van der Waals surface area (Å²) in [5.41, 5.74) is 7.25. The van der Waals surface area contributed by atoms with Crippen molar-refractivity contribution in [3.63, 3.8) is 0 Å². The molecule has 0 spiro atoms. The van der Waals surface area contributed by atoms with Crippen molar-refractivity contribution in [3.8, 4) is 0 Å². The van der Waals surface area contributed by atoms with Crippen LogP contribution in [0.2, 0.25) is 20.1 Å². The van der Waals surface area contributed by atoms with Crippen LogP contribution in [0.15, 0.2) is 121 Å². The molecule has 0 atom stereocenters. The van der Waals surface area contributed by atoms with Crippen molar-refractivity contribution < 1.29 is 48.3 Å². The largest absolute Gasteiger partial charge is 0.207 e. The van der Waals surface area contributed by atoms with Crippen molar-refractivity contribution >= 4 is 46.4 Å². The van der Waals surface area contributed by atoms with Crippen LogP contribution in [0, 0.1) is 98.6 Å². The van der Waals surface area contributed by atoms with E-state index >= 15 is 0 Å². The molecule has 8 aromatic rings. The lowest BCUT2D eigenvalue weighted by molar-refractivity contribution is 0.463. The van der Waals surface area contributed by atoms with E-state index in [1.165, 1.54) is 48.4 Å². The highest BCUT2D eigenvalue weighted by Crippen LogP contribution is 2.37. The highest BCUT2D eigenvalue weighted by Gasteiger charge is 2.28. The van der Waals surface area contributed by atoms with E-state index in [9.17, 15) is 48.3 Å². The fraction of sp³-hybridized carbons (Fsp3) is 0.435. The van der Waals surface area contributed by atoms with Gasteiger partial charge in [0, 0.05) is 27.2 Å². The number of hydrogen-bond acceptors (Lipinski definition) is 0. The lowest BCUT2D eigenvalue weighted by Crippen LogP contribution is -2.17. The van der Waals surface area contributed by atoms with Crippen LogP contribution in [0.1, 0.15) is 238 Å². The molecule has 0 aromatic heterocycles. The Morgan fingerprint density at radius 1 is 0.240 bits per heavy atom. The Kier molecular flexibility index (Phi) is 34.1. The quantitative estimate of drug-likeness (QED) is 0.0806. The zero-order chi connectivity index (χ0) is 78.3. The molecule has 100 heavy (non-hydrogen) atoms. The van der Waals surface area contributed by atoms with Gasteiger partial charge >= 0.3 is 0 Å². The van der Waals surface area contributed by atoms with Gasteiger partial charge in [0.2, 0.25) is 0 Å². The van der Waals surface area contributed by atoms with E-state index in [0.717, 1.165) is 44.5 Å². The van der Waals surface area contributed by atoms with Crippen LogP contribution in [0.4, 0.5) is 48.3 Å². The monoisotopic (exact) mass is 1480 g/mol. The molecule has 0 saturated carbocycles. The van der Waals surface area contributed by atoms with Gasteiger partial charge in [-0.1, -0.05) is 298 Å². The standard InChI is InChI=1S/C11H14ClF.C11H15Cl.C11H14F2.2C11H15F.C10H10ClF3.C10H12ClF.C10H12F2/c1-7-5-6-8(11(2,3)4)9(12)10(7)13;1-8-5-6-9(10(12)7-8)11(2,3)4;1-7-9(12)6-5-8(10(7)13)11(2,3)4;2*1-8-6-5-7-9(10(8)12)11(2,3)4;1-10(2,3)7-5(12)4-6(13)8(11)9(7)14;1-10(2,3)8-5-4-7(12)6-9(8)11;1-10(2,3)7-5-4-6-8(11)9(7)12/h5-6H,1-4H3;5-7H,1-4H3;5-6H,1-4H3;2*5-7H,1-4H3;4H,1-3H3;2*4-6H,1-3H3. The van der Waals surface area contributed by atoms with Crippen molar-refractivity contribution in [1.29, 1.82) is 0 Å². The molecule has 0 N–H and O–H groups in total. The minimum absolute atomic E-state index is 0.0230. The maximum Gasteiger partial charge on any atom is 0.162 e. The molecule has 0 radical (unpaired) electrons. The normalized spacial score (nSPS) is 11.8. The number of hydrogen-bond donors (Lipinski definition) is 0. The molecule has 15 heteroatoms. The first-order valence-electron chi connectivity index (χ1n) is 32.9. The third-order valence-electron chi connectivity index (χ3n) is 15.5. The van der Waals surface area contributed by atoms with Gasteiger partial charge in [-0.3, -0.25) is 0 Å². The molecule has 0 fully saturated rings. The Morgan fingerprint density at radius 2 is 0.580 bits per heavy atom. The summed E-state index contributed by atoms with van der Waals surface area (Å²) in [6.07, 6.45) is 0. The van der Waals surface area contributed by atoms with Gasteiger partial charge < -0.3 is 0 Å². The van der Waals surface area contributed by atoms with Crippen LogP contribution in [0.5, 0.6) is 0 Å². The van der Waals surface area contributed by atoms with E-state index < -0.39 is 51.2 Å². The molecule has 552 valence electrons. The van der Waals surface area contributed by atoms with Crippen LogP contribution in [-0.4, -0.2) is 0 Å². The molecule has 0 aliphatic carbocycles. The first-order chi connectivity index (χ1) is 45.0. The number of aryl methyl sites for hydroxylation is 4. The van der Waals surface area contributed by atoms with Crippen molar-refractivity contribution in [1.82, 2.24) is 0 Å². The highest BCUT2D eigenvalue weighted by molar-refractivity contribution is 6.32. The SMILES string of the molecule is CC(C)(C)c1c(F)cc(F)c(Cl)c1F.CC(C)(C)c1ccc(F)cc1Cl.CC(C)(C)c1cccc(F)c1F.Cc1c(F)ccc(C(C)(C)C)c1F.Cc1ccc(C(C)(C)C)c(Cl)c1.Cc1ccc(C(C)(C)C)c(Cl)c1F.Cc1cccc(C(C)(C)C)c1F.Cc1cccc(C(C)(C)C)c1F. The fourth-order valence-corrected chi connectivity index (χ4v) is 11.2. The van der Waals surface area contributed by atoms with Gasteiger partial charge in [-0.15, -0.1) is 0 Å². The zero-order valence-corrected chi connectivity index (χ0v) is 67.2. The molecular weight excluding hydrogens is 1370 g/mol. The number of halogens is 15. The molecule has 0 heterocycles. The van der Waals surface area contributed by atoms with E-state index in [1.807, 2.05) is 161 Å². The lowest BCUT2D eigenvalue weighted by atomic mass is 9.85. The number of benzene rings is 8. The molecule has 0 aliphatic heterocycles. The van der Waals surface area contributed by atoms with Crippen molar-refractivity contribution in [2.45, 2.75) is 244 Å². The topological polar surface area (TPSA) is 0 Å². The smallest absolute Gasteiger partial charge is 0.162 e. The fourth-order valence-electron chi connectivity index (χ4n) is 9.58. The summed E-state index contributed by atoms with van der Waals surface area (Å²) in [4.78, 5) is 0. The van der Waals surface area contributed by atoms with Crippen molar-refractivity contribution in [3.05, 3.63) is 278 Å². The predicted octanol–water partition coefficient (Wildman–Crippen LogP) is 29.6. The number of rotatable bonds is 0. The predicted molar refractivity (Wildman–Crippen MR) is 404 cm³/mol. The van der Waals surface area contributed by atoms with Crippen molar-refractivity contribution in [2.24, 2.45) is 0 Å². The van der Waals surface area contributed by atoms with E-state index in [4.69, 9.17) is 46.4 Å². The van der Waals surface area contributed by atoms with Gasteiger partial charge in [0.1, 0.15) is 51.6 Å². The van der Waals surface area contributed by atoms with E-state index in [1.54, 1.807) is 71.9 Å². The summed E-state index contributed by atoms with van der Waals surface area (Å²) in [5, 5.41) is 0.980. The third kappa shape index (κ3) is 28.4. The molecule has 0 bridgehead atoms. The first kappa shape index (κ1) is 92.2. The highest BCUT2D eigenvalue weighted by atomic mass is 35.5. The van der Waals surface area contributed by atoms with Gasteiger partial charge in [-0.25, -0.2) is 48.3 Å². The van der Waals surface area contributed by atoms with Gasteiger partial charge in [-0.2, -0.15) is 0 Å². The Labute approximate surface area is 612 Å². The Balaban J connectivity index is 0.000000572. The van der Waals surface area contributed by atoms with Gasteiger partial charge in [-0.05, 0) is 169 Å². The Morgan fingerprint density at radius 3 is 0.940 bits per heavy atom. The minimum Gasteiger partial charge on any atom is -0.207 e. The van der Waals surface area contributed by atoms with Crippen molar-refractivity contribution in [2.75, 3.05) is 0 Å². The maximum absolute atomic E-state index is 13.5. The summed E-state index contributed by atoms with van der Waals surface area (Å²) >= 11 is 23.2. The van der Waals surface area contributed by atoms with Crippen LogP contribution in [0.25, 0.3) is 0 Å². The van der Waals surface area contributed by atoms with Crippen LogP contribution < -0.4 is 0 Å². The first-order valence-corrected chi connectivity index (χ1v) is 34.5. The molecule has 8 rings (SSSR count). The second-order valence-electron chi connectivity index (χ2n) is 33.0. The Bertz CT molecular complexity index is 3710. The van der Waals surface area contributed by atoms with Gasteiger partial charge in [0.05, 0.1) is 5.02 Å². The molecule has 0 aliphatic rings. The third-order valence-corrected chi connectivity index (χ3v) is 16.8. The summed E-state index contributed by atoms with van der Waals surface area (Å²) in [6, 6.07) is 33.2. The second kappa shape index (κ2) is 37.0. The zero-order valence-electron chi connectivity index (χ0n) is 64.2. The molecule has 8 aromatic carbocycles. The molecule has 0 unspecified atom stereocenters. The molecule has 0 amide bonds. The van der Waals surface area contributed by atoms with Gasteiger partial charge in [0.15, 0.2) is 17.5 Å². The maximum atomic E-state index is 13.5.